The van der Waals surface area contributed by atoms with Gasteiger partial charge in [0.25, 0.3) is 0 Å². The summed E-state index contributed by atoms with van der Waals surface area (Å²) in [5.74, 6) is 0.650. The Labute approximate surface area is 162 Å². The number of ether oxygens (including phenoxy) is 2. The van der Waals surface area contributed by atoms with E-state index in [1.807, 2.05) is 25.7 Å². The molecule has 1 aromatic rings. The SMILES string of the molecule is CC(C)(C)OC(=O)N1CCC2(CC1)CC(N[C@@H]1C[C@H]1c1ccccc1)CO2. The summed E-state index contributed by atoms with van der Waals surface area (Å²) in [6.07, 6.45) is 3.87. The van der Waals surface area contributed by atoms with E-state index in [0.29, 0.717) is 18.0 Å². The lowest BCUT2D eigenvalue weighted by molar-refractivity contribution is -0.0485. The lowest BCUT2D eigenvalue weighted by Gasteiger charge is -2.39. The molecule has 1 aromatic carbocycles. The Bertz CT molecular complexity index is 662. The standard InChI is InChI=1S/C22H32N2O3/c1-21(2,3)27-20(25)24-11-9-22(10-12-24)14-17(15-26-22)23-19-13-18(19)16-7-5-4-6-8-16/h4-8,17-19,23H,9-15H2,1-3H3/t17?,18-,19+/m0/s1. The predicted molar refractivity (Wildman–Crippen MR) is 105 cm³/mol. The number of rotatable bonds is 3. The molecule has 4 rings (SSSR count). The zero-order valence-corrected chi connectivity index (χ0v) is 16.7. The zero-order chi connectivity index (χ0) is 19.1. The van der Waals surface area contributed by atoms with E-state index in [1.54, 1.807) is 0 Å². The molecule has 0 bridgehead atoms. The van der Waals surface area contributed by atoms with E-state index < -0.39 is 5.60 Å². The van der Waals surface area contributed by atoms with E-state index >= 15 is 0 Å². The van der Waals surface area contributed by atoms with Crippen molar-refractivity contribution in [2.45, 2.75) is 75.7 Å². The first-order valence-electron chi connectivity index (χ1n) is 10.3. The van der Waals surface area contributed by atoms with Crippen molar-refractivity contribution in [2.24, 2.45) is 0 Å². The smallest absolute Gasteiger partial charge is 0.410 e. The van der Waals surface area contributed by atoms with Gasteiger partial charge in [0.1, 0.15) is 5.60 Å². The molecule has 0 aromatic heterocycles. The first kappa shape index (κ1) is 18.8. The fourth-order valence-corrected chi connectivity index (χ4v) is 4.47. The van der Waals surface area contributed by atoms with Crippen LogP contribution in [-0.4, -0.2) is 54.0 Å². The van der Waals surface area contributed by atoms with E-state index in [9.17, 15) is 4.79 Å². The molecule has 2 aliphatic heterocycles. The summed E-state index contributed by atoms with van der Waals surface area (Å²) in [6.45, 7) is 7.95. The van der Waals surface area contributed by atoms with Crippen LogP contribution in [0.3, 0.4) is 0 Å². The molecule has 3 aliphatic rings. The Morgan fingerprint density at radius 1 is 1.22 bits per heavy atom. The predicted octanol–water partition coefficient (Wildman–Crippen LogP) is 3.69. The Hall–Kier alpha value is -1.59. The second kappa shape index (κ2) is 7.10. The van der Waals surface area contributed by atoms with Crippen LogP contribution in [0, 0.1) is 0 Å². The van der Waals surface area contributed by atoms with Crippen molar-refractivity contribution in [3.8, 4) is 0 Å². The highest BCUT2D eigenvalue weighted by molar-refractivity contribution is 5.68. The van der Waals surface area contributed by atoms with Crippen LogP contribution < -0.4 is 5.32 Å². The normalized spacial score (nSPS) is 29.7. The van der Waals surface area contributed by atoms with E-state index in [1.165, 1.54) is 12.0 Å². The number of amides is 1. The van der Waals surface area contributed by atoms with Crippen molar-refractivity contribution in [1.82, 2.24) is 10.2 Å². The highest BCUT2D eigenvalue weighted by Crippen LogP contribution is 2.43. The maximum atomic E-state index is 12.3. The molecule has 5 heteroatoms. The van der Waals surface area contributed by atoms with Crippen molar-refractivity contribution in [2.75, 3.05) is 19.7 Å². The average Bonchev–Trinajstić information content (AvgIpc) is 3.28. The summed E-state index contributed by atoms with van der Waals surface area (Å²) in [6, 6.07) is 11.8. The number of hydrogen-bond donors (Lipinski definition) is 1. The average molecular weight is 373 g/mol. The van der Waals surface area contributed by atoms with E-state index in [0.717, 1.165) is 39.0 Å². The molecular weight excluding hydrogens is 340 g/mol. The quantitative estimate of drug-likeness (QED) is 0.879. The fourth-order valence-electron chi connectivity index (χ4n) is 4.47. The largest absolute Gasteiger partial charge is 0.444 e. The molecule has 2 saturated heterocycles. The molecule has 3 atom stereocenters. The molecule has 1 spiro atoms. The monoisotopic (exact) mass is 372 g/mol. The Balaban J connectivity index is 1.24. The summed E-state index contributed by atoms with van der Waals surface area (Å²) >= 11 is 0. The second-order valence-electron chi connectivity index (χ2n) is 9.39. The third-order valence-electron chi connectivity index (χ3n) is 6.00. The molecule has 2 heterocycles. The fraction of sp³-hybridized carbons (Fsp3) is 0.682. The maximum Gasteiger partial charge on any atom is 0.410 e. The van der Waals surface area contributed by atoms with Crippen molar-refractivity contribution in [3.63, 3.8) is 0 Å². The van der Waals surface area contributed by atoms with Gasteiger partial charge in [0.2, 0.25) is 0 Å². The first-order chi connectivity index (χ1) is 12.8. The zero-order valence-electron chi connectivity index (χ0n) is 16.7. The molecule has 27 heavy (non-hydrogen) atoms. The lowest BCUT2D eigenvalue weighted by Crippen LogP contribution is -2.48. The van der Waals surface area contributed by atoms with Crippen LogP contribution in [0.2, 0.25) is 0 Å². The van der Waals surface area contributed by atoms with E-state index in [-0.39, 0.29) is 11.7 Å². The van der Waals surface area contributed by atoms with Gasteiger partial charge in [0, 0.05) is 31.1 Å². The summed E-state index contributed by atoms with van der Waals surface area (Å²) < 4.78 is 11.7. The number of benzene rings is 1. The minimum Gasteiger partial charge on any atom is -0.444 e. The number of piperidine rings is 1. The number of likely N-dealkylation sites (tertiary alicyclic amines) is 1. The summed E-state index contributed by atoms with van der Waals surface area (Å²) in [4.78, 5) is 14.1. The molecule has 148 valence electrons. The van der Waals surface area contributed by atoms with Gasteiger partial charge < -0.3 is 19.7 Å². The van der Waals surface area contributed by atoms with Crippen LogP contribution in [0.1, 0.15) is 57.9 Å². The van der Waals surface area contributed by atoms with Crippen molar-refractivity contribution < 1.29 is 14.3 Å². The summed E-state index contributed by atoms with van der Waals surface area (Å²) in [5.41, 5.74) is 0.937. The van der Waals surface area contributed by atoms with E-state index in [2.05, 4.69) is 35.6 Å². The molecule has 3 fully saturated rings. The van der Waals surface area contributed by atoms with Gasteiger partial charge in [0.15, 0.2) is 0 Å². The van der Waals surface area contributed by atoms with Gasteiger partial charge >= 0.3 is 6.09 Å². The van der Waals surface area contributed by atoms with Crippen LogP contribution >= 0.6 is 0 Å². The molecule has 1 N–H and O–H groups in total. The molecular formula is C22H32N2O3. The lowest BCUT2D eigenvalue weighted by atomic mass is 9.87. The van der Waals surface area contributed by atoms with Gasteiger partial charge in [-0.1, -0.05) is 30.3 Å². The van der Waals surface area contributed by atoms with Crippen molar-refractivity contribution in [1.29, 1.82) is 0 Å². The molecule has 1 saturated carbocycles. The van der Waals surface area contributed by atoms with Crippen molar-refractivity contribution >= 4 is 6.09 Å². The van der Waals surface area contributed by atoms with Gasteiger partial charge in [0.05, 0.1) is 12.2 Å². The molecule has 1 amide bonds. The maximum absolute atomic E-state index is 12.3. The summed E-state index contributed by atoms with van der Waals surface area (Å²) in [5, 5.41) is 3.81. The number of nitrogens with one attached hydrogen (secondary N) is 1. The Morgan fingerprint density at radius 3 is 2.59 bits per heavy atom. The highest BCUT2D eigenvalue weighted by atomic mass is 16.6. The molecule has 5 nitrogen and oxygen atoms in total. The minimum absolute atomic E-state index is 0.0622. The van der Waals surface area contributed by atoms with Crippen LogP contribution in [0.15, 0.2) is 30.3 Å². The van der Waals surface area contributed by atoms with Crippen LogP contribution in [0.25, 0.3) is 0 Å². The van der Waals surface area contributed by atoms with Gasteiger partial charge in [-0.05, 0) is 52.0 Å². The highest BCUT2D eigenvalue weighted by Gasteiger charge is 2.47. The molecule has 1 aliphatic carbocycles. The first-order valence-corrected chi connectivity index (χ1v) is 10.3. The number of carbonyl (C=O) groups excluding carboxylic acids is 1. The Kier molecular flexibility index (Phi) is 4.93. The number of hydrogen-bond acceptors (Lipinski definition) is 4. The third kappa shape index (κ3) is 4.46. The number of nitrogens with zero attached hydrogens (tertiary/aromatic N) is 1. The summed E-state index contributed by atoms with van der Waals surface area (Å²) in [7, 11) is 0. The van der Waals surface area contributed by atoms with Gasteiger partial charge in [-0.15, -0.1) is 0 Å². The van der Waals surface area contributed by atoms with Gasteiger partial charge in [-0.3, -0.25) is 0 Å². The van der Waals surface area contributed by atoms with Crippen LogP contribution in [0.5, 0.6) is 0 Å². The van der Waals surface area contributed by atoms with Gasteiger partial charge in [-0.25, -0.2) is 4.79 Å². The molecule has 1 unspecified atom stereocenters. The Morgan fingerprint density at radius 2 is 1.93 bits per heavy atom. The molecule has 0 radical (unpaired) electrons. The topological polar surface area (TPSA) is 50.8 Å². The van der Waals surface area contributed by atoms with Crippen LogP contribution in [-0.2, 0) is 9.47 Å². The van der Waals surface area contributed by atoms with Gasteiger partial charge in [-0.2, -0.15) is 0 Å². The second-order valence-corrected chi connectivity index (χ2v) is 9.39. The van der Waals surface area contributed by atoms with E-state index in [4.69, 9.17) is 9.47 Å². The number of carbonyl (C=O) groups is 1. The van der Waals surface area contributed by atoms with Crippen LogP contribution in [0.4, 0.5) is 4.79 Å². The third-order valence-corrected chi connectivity index (χ3v) is 6.00. The van der Waals surface area contributed by atoms with Crippen molar-refractivity contribution in [3.05, 3.63) is 35.9 Å². The minimum atomic E-state index is -0.440.